The maximum Gasteiger partial charge on any atom is 0.119 e. The molecule has 0 heterocycles. The van der Waals surface area contributed by atoms with Crippen LogP contribution in [0, 0.1) is 5.92 Å². The van der Waals surface area contributed by atoms with E-state index in [1.807, 2.05) is 19.1 Å². The average Bonchev–Trinajstić information content (AvgIpc) is 2.35. The zero-order valence-electron chi connectivity index (χ0n) is 12.0. The molecular weight excluding hydrogens is 222 g/mol. The Labute approximate surface area is 111 Å². The summed E-state index contributed by atoms with van der Waals surface area (Å²) in [6.07, 6.45) is 2.26. The van der Waals surface area contributed by atoms with Gasteiger partial charge in [0.25, 0.3) is 0 Å². The Bertz CT molecular complexity index is 382. The van der Waals surface area contributed by atoms with Crippen LogP contribution < -0.4 is 10.1 Å². The topological polar surface area (TPSA) is 21.3 Å². The van der Waals surface area contributed by atoms with Gasteiger partial charge in [-0.1, -0.05) is 44.6 Å². The summed E-state index contributed by atoms with van der Waals surface area (Å²) in [5, 5.41) is 3.39. The van der Waals surface area contributed by atoms with Crippen LogP contribution in [0.4, 0.5) is 0 Å². The summed E-state index contributed by atoms with van der Waals surface area (Å²) >= 11 is 0. The number of benzene rings is 1. The molecule has 0 aromatic heterocycles. The molecule has 0 saturated carbocycles. The molecule has 2 nitrogen and oxygen atoms in total. The molecule has 0 atom stereocenters. The van der Waals surface area contributed by atoms with Crippen molar-refractivity contribution >= 4 is 6.08 Å². The number of hydrogen-bond acceptors (Lipinski definition) is 2. The van der Waals surface area contributed by atoms with Crippen LogP contribution in [0.5, 0.6) is 5.75 Å². The molecule has 0 saturated heterocycles. The zero-order valence-corrected chi connectivity index (χ0v) is 12.0. The van der Waals surface area contributed by atoms with E-state index in [1.165, 1.54) is 11.1 Å². The van der Waals surface area contributed by atoms with Crippen molar-refractivity contribution in [2.45, 2.75) is 27.7 Å². The predicted molar refractivity (Wildman–Crippen MR) is 79.0 cm³/mol. The van der Waals surface area contributed by atoms with E-state index in [4.69, 9.17) is 4.74 Å². The summed E-state index contributed by atoms with van der Waals surface area (Å²) < 4.78 is 5.52. The van der Waals surface area contributed by atoms with E-state index >= 15 is 0 Å². The van der Waals surface area contributed by atoms with Gasteiger partial charge in [-0.05, 0) is 37.1 Å². The Hall–Kier alpha value is -1.28. The molecule has 2 heteroatoms. The number of ether oxygens (including phenoxy) is 1. The van der Waals surface area contributed by atoms with E-state index in [1.54, 1.807) is 0 Å². The SMILES string of the molecule is CCNCC(=Cc1cccc(OCC)c1)C(C)C. The van der Waals surface area contributed by atoms with Crippen LogP contribution >= 0.6 is 0 Å². The normalized spacial score (nSPS) is 11.9. The average molecular weight is 247 g/mol. The Morgan fingerprint density at radius 3 is 2.72 bits per heavy atom. The van der Waals surface area contributed by atoms with Gasteiger partial charge in [0.2, 0.25) is 0 Å². The van der Waals surface area contributed by atoms with E-state index in [0.29, 0.717) is 12.5 Å². The summed E-state index contributed by atoms with van der Waals surface area (Å²) in [6, 6.07) is 8.26. The first-order valence-electron chi connectivity index (χ1n) is 6.81. The van der Waals surface area contributed by atoms with Crippen molar-refractivity contribution in [1.29, 1.82) is 0 Å². The van der Waals surface area contributed by atoms with E-state index in [-0.39, 0.29) is 0 Å². The Kier molecular flexibility index (Phi) is 6.51. The molecule has 1 aromatic carbocycles. The smallest absolute Gasteiger partial charge is 0.119 e. The van der Waals surface area contributed by atoms with Crippen molar-refractivity contribution in [1.82, 2.24) is 5.32 Å². The molecule has 0 spiro atoms. The molecule has 1 aromatic rings. The standard InChI is InChI=1S/C16H25NO/c1-5-17-12-15(13(3)4)10-14-8-7-9-16(11-14)18-6-2/h7-11,13,17H,5-6,12H2,1-4H3. The van der Waals surface area contributed by atoms with Crippen molar-refractivity contribution in [3.8, 4) is 5.75 Å². The summed E-state index contributed by atoms with van der Waals surface area (Å²) in [7, 11) is 0. The minimum absolute atomic E-state index is 0.555. The molecule has 0 fully saturated rings. The third-order valence-electron chi connectivity index (χ3n) is 2.84. The van der Waals surface area contributed by atoms with E-state index < -0.39 is 0 Å². The number of rotatable bonds is 7. The van der Waals surface area contributed by atoms with E-state index in [0.717, 1.165) is 18.8 Å². The largest absolute Gasteiger partial charge is 0.494 e. The van der Waals surface area contributed by atoms with Gasteiger partial charge in [0.1, 0.15) is 5.75 Å². The molecule has 18 heavy (non-hydrogen) atoms. The Balaban J connectivity index is 2.85. The highest BCUT2D eigenvalue weighted by molar-refractivity contribution is 5.55. The van der Waals surface area contributed by atoms with Gasteiger partial charge in [-0.3, -0.25) is 0 Å². The fourth-order valence-corrected chi connectivity index (χ4v) is 1.77. The molecule has 100 valence electrons. The van der Waals surface area contributed by atoms with Crippen molar-refractivity contribution in [3.63, 3.8) is 0 Å². The van der Waals surface area contributed by atoms with Crippen LogP contribution in [0.25, 0.3) is 6.08 Å². The third-order valence-corrected chi connectivity index (χ3v) is 2.84. The Morgan fingerprint density at radius 1 is 1.33 bits per heavy atom. The second-order valence-electron chi connectivity index (χ2n) is 4.66. The Morgan fingerprint density at radius 2 is 2.11 bits per heavy atom. The first-order valence-corrected chi connectivity index (χ1v) is 6.81. The van der Waals surface area contributed by atoms with Gasteiger partial charge in [-0.2, -0.15) is 0 Å². The minimum atomic E-state index is 0.555. The van der Waals surface area contributed by atoms with Crippen molar-refractivity contribution in [3.05, 3.63) is 35.4 Å². The molecule has 1 rings (SSSR count). The van der Waals surface area contributed by atoms with Crippen molar-refractivity contribution in [2.75, 3.05) is 19.7 Å². The minimum Gasteiger partial charge on any atom is -0.494 e. The fourth-order valence-electron chi connectivity index (χ4n) is 1.77. The lowest BCUT2D eigenvalue weighted by Crippen LogP contribution is -2.18. The van der Waals surface area contributed by atoms with Gasteiger partial charge in [-0.15, -0.1) is 0 Å². The molecule has 0 bridgehead atoms. The van der Waals surface area contributed by atoms with Gasteiger partial charge >= 0.3 is 0 Å². The quantitative estimate of drug-likeness (QED) is 0.792. The fraction of sp³-hybridized carbons (Fsp3) is 0.500. The number of likely N-dealkylation sites (N-methyl/N-ethyl adjacent to an activating group) is 1. The molecule has 0 aliphatic rings. The lowest BCUT2D eigenvalue weighted by molar-refractivity contribution is 0.340. The van der Waals surface area contributed by atoms with Gasteiger partial charge in [0.15, 0.2) is 0 Å². The molecule has 0 radical (unpaired) electrons. The molecule has 0 unspecified atom stereocenters. The van der Waals surface area contributed by atoms with Crippen LogP contribution in [-0.4, -0.2) is 19.7 Å². The second-order valence-corrected chi connectivity index (χ2v) is 4.66. The van der Waals surface area contributed by atoms with E-state index in [9.17, 15) is 0 Å². The molecule has 0 aliphatic heterocycles. The molecule has 0 aliphatic carbocycles. The first kappa shape index (κ1) is 14.8. The van der Waals surface area contributed by atoms with Gasteiger partial charge in [0.05, 0.1) is 6.61 Å². The van der Waals surface area contributed by atoms with Gasteiger partial charge < -0.3 is 10.1 Å². The molecular formula is C16H25NO. The second kappa shape index (κ2) is 7.93. The predicted octanol–water partition coefficient (Wildman–Crippen LogP) is 3.73. The zero-order chi connectivity index (χ0) is 13.4. The van der Waals surface area contributed by atoms with Crippen LogP contribution in [0.3, 0.4) is 0 Å². The van der Waals surface area contributed by atoms with Gasteiger partial charge in [0, 0.05) is 6.54 Å². The third kappa shape index (κ3) is 4.92. The van der Waals surface area contributed by atoms with Gasteiger partial charge in [-0.25, -0.2) is 0 Å². The van der Waals surface area contributed by atoms with Crippen LogP contribution in [-0.2, 0) is 0 Å². The maximum absolute atomic E-state index is 5.52. The lowest BCUT2D eigenvalue weighted by atomic mass is 10.00. The maximum atomic E-state index is 5.52. The highest BCUT2D eigenvalue weighted by atomic mass is 16.5. The molecule has 1 N–H and O–H groups in total. The number of hydrogen-bond donors (Lipinski definition) is 1. The summed E-state index contributed by atoms with van der Waals surface area (Å²) in [5.41, 5.74) is 2.63. The van der Waals surface area contributed by atoms with Crippen LogP contribution in [0.15, 0.2) is 29.8 Å². The van der Waals surface area contributed by atoms with Crippen molar-refractivity contribution in [2.24, 2.45) is 5.92 Å². The molecule has 0 amide bonds. The number of nitrogens with one attached hydrogen (secondary N) is 1. The summed E-state index contributed by atoms with van der Waals surface area (Å²) in [6.45, 7) is 11.3. The van der Waals surface area contributed by atoms with Crippen LogP contribution in [0.2, 0.25) is 0 Å². The van der Waals surface area contributed by atoms with Crippen molar-refractivity contribution < 1.29 is 4.74 Å². The summed E-state index contributed by atoms with van der Waals surface area (Å²) in [4.78, 5) is 0. The highest BCUT2D eigenvalue weighted by Gasteiger charge is 2.03. The lowest BCUT2D eigenvalue weighted by Gasteiger charge is -2.12. The van der Waals surface area contributed by atoms with E-state index in [2.05, 4.69) is 44.3 Å². The van der Waals surface area contributed by atoms with Crippen LogP contribution in [0.1, 0.15) is 33.3 Å². The highest BCUT2D eigenvalue weighted by Crippen LogP contribution is 2.18. The first-order chi connectivity index (χ1) is 8.67. The summed E-state index contributed by atoms with van der Waals surface area (Å²) in [5.74, 6) is 1.50. The monoisotopic (exact) mass is 247 g/mol.